The van der Waals surface area contributed by atoms with Gasteiger partial charge in [-0.15, -0.1) is 0 Å². The number of hydrogen-bond acceptors (Lipinski definition) is 3. The lowest BCUT2D eigenvalue weighted by Gasteiger charge is -2.02. The van der Waals surface area contributed by atoms with Crippen molar-refractivity contribution < 1.29 is 0 Å². The Kier molecular flexibility index (Phi) is 2.14. The van der Waals surface area contributed by atoms with Gasteiger partial charge in [-0.3, -0.25) is 0 Å². The maximum atomic E-state index is 6.93. The van der Waals surface area contributed by atoms with E-state index >= 15 is 0 Å². The van der Waals surface area contributed by atoms with E-state index in [-0.39, 0.29) is 0 Å². The topological polar surface area (TPSA) is 63.2 Å². The van der Waals surface area contributed by atoms with Crippen LogP contribution >= 0.6 is 0 Å². The number of fused-ring (bicyclic) bond motifs is 2. The van der Waals surface area contributed by atoms with Crippen LogP contribution in [0.2, 0.25) is 0 Å². The van der Waals surface area contributed by atoms with Crippen molar-refractivity contribution in [1.82, 2.24) is 9.90 Å². The molecular weight excluding hydrogens is 212 g/mol. The van der Waals surface area contributed by atoms with Crippen molar-refractivity contribution in [3.63, 3.8) is 0 Å². The van der Waals surface area contributed by atoms with Crippen molar-refractivity contribution in [3.8, 4) is 0 Å². The summed E-state index contributed by atoms with van der Waals surface area (Å²) < 4.78 is 0. The van der Waals surface area contributed by atoms with Crippen LogP contribution in [0.3, 0.4) is 0 Å². The molecule has 4 heteroatoms. The summed E-state index contributed by atoms with van der Waals surface area (Å²) in [7, 11) is 0. The number of benzene rings is 2. The fraction of sp³-hybridized carbons (Fsp3) is 0. The van der Waals surface area contributed by atoms with Crippen molar-refractivity contribution in [2.45, 2.75) is 0 Å². The first kappa shape index (κ1) is 9.63. The number of hydrogen-bond donors (Lipinski definition) is 1. The van der Waals surface area contributed by atoms with Crippen molar-refractivity contribution in [2.75, 3.05) is 0 Å². The van der Waals surface area contributed by atoms with Gasteiger partial charge in [-0.2, -0.15) is 0 Å². The van der Waals surface area contributed by atoms with Crippen LogP contribution < -0.4 is 4.91 Å². The van der Waals surface area contributed by atoms with Gasteiger partial charge in [0.1, 0.15) is 5.53 Å². The fourth-order valence-electron chi connectivity index (χ4n) is 1.98. The lowest BCUT2D eigenvalue weighted by atomic mass is 10.1. The number of nitrogens with one attached hydrogen (secondary N) is 1. The highest BCUT2D eigenvalue weighted by atomic mass is 15.1. The molecule has 1 aromatic heterocycles. The average molecular weight is 221 g/mol. The number of rotatable bonds is 1. The van der Waals surface area contributed by atoms with E-state index in [1.54, 1.807) is 0 Å². The monoisotopic (exact) mass is 221 g/mol. The normalized spacial score (nSPS) is 10.4. The van der Waals surface area contributed by atoms with Gasteiger partial charge in [0, 0.05) is 10.8 Å². The minimum atomic E-state index is 0.709. The van der Waals surface area contributed by atoms with E-state index in [2.05, 4.69) is 15.0 Å². The zero-order chi connectivity index (χ0) is 11.7. The Balaban J connectivity index is 2.60. The maximum Gasteiger partial charge on any atom is 0.220 e. The number of para-hydroxylation sites is 2. The van der Waals surface area contributed by atoms with Crippen LogP contribution in [-0.2, 0) is 0 Å². The van der Waals surface area contributed by atoms with Gasteiger partial charge in [-0.1, -0.05) is 36.4 Å². The van der Waals surface area contributed by atoms with E-state index in [1.807, 2.05) is 48.5 Å². The zero-order valence-electron chi connectivity index (χ0n) is 8.96. The summed E-state index contributed by atoms with van der Waals surface area (Å²) in [4.78, 5) is 7.71. The van der Waals surface area contributed by atoms with E-state index < -0.39 is 0 Å². The van der Waals surface area contributed by atoms with Crippen molar-refractivity contribution >= 4 is 27.5 Å². The first-order valence-electron chi connectivity index (χ1n) is 5.25. The van der Waals surface area contributed by atoms with Crippen LogP contribution in [0.5, 0.6) is 0 Å². The van der Waals surface area contributed by atoms with Gasteiger partial charge in [-0.25, -0.2) is 4.98 Å². The summed E-state index contributed by atoms with van der Waals surface area (Å²) in [5.41, 5.74) is 9.38. The zero-order valence-corrected chi connectivity index (χ0v) is 8.96. The minimum absolute atomic E-state index is 0.709. The van der Waals surface area contributed by atoms with Gasteiger partial charge in [0.15, 0.2) is 10.8 Å². The Morgan fingerprint density at radius 3 is 1.94 bits per heavy atom. The molecule has 0 fully saturated rings. The Bertz CT molecular complexity index is 704. The molecule has 80 valence electrons. The van der Waals surface area contributed by atoms with Crippen LogP contribution in [-0.4, -0.2) is 4.98 Å². The minimum Gasteiger partial charge on any atom is -0.248 e. The molecule has 3 aromatic rings. The molecule has 0 saturated carbocycles. The highest BCUT2D eigenvalue weighted by Gasteiger charge is 2.10. The average Bonchev–Trinajstić information content (AvgIpc) is 2.39. The van der Waals surface area contributed by atoms with Gasteiger partial charge in [-0.05, 0) is 12.1 Å². The third-order valence-electron chi connectivity index (χ3n) is 2.71. The summed E-state index contributed by atoms with van der Waals surface area (Å²) in [6.07, 6.45) is 0. The Hall–Kier alpha value is -2.58. The summed E-state index contributed by atoms with van der Waals surface area (Å²) in [6.45, 7) is 0. The lowest BCUT2D eigenvalue weighted by molar-refractivity contribution is 0.997. The second kappa shape index (κ2) is 3.77. The third-order valence-corrected chi connectivity index (χ3v) is 2.71. The summed E-state index contributed by atoms with van der Waals surface area (Å²) in [5.74, 6) is 0. The molecule has 0 atom stereocenters. The van der Waals surface area contributed by atoms with E-state index in [4.69, 9.17) is 5.53 Å². The van der Waals surface area contributed by atoms with Crippen LogP contribution in [0.15, 0.2) is 53.6 Å². The van der Waals surface area contributed by atoms with Crippen LogP contribution in [0.4, 0.5) is 5.69 Å². The van der Waals surface area contributed by atoms with Gasteiger partial charge >= 0.3 is 0 Å². The molecule has 1 heterocycles. The van der Waals surface area contributed by atoms with Gasteiger partial charge < -0.3 is 0 Å². The Morgan fingerprint density at radius 2 is 1.41 bits per heavy atom. The van der Waals surface area contributed by atoms with Gasteiger partial charge in [0.2, 0.25) is 4.91 Å². The summed E-state index contributed by atoms with van der Waals surface area (Å²) in [6, 6.07) is 15.5. The molecule has 4 nitrogen and oxygen atoms in total. The molecule has 0 bridgehead atoms. The number of aromatic nitrogens is 1. The lowest BCUT2D eigenvalue weighted by Crippen LogP contribution is -1.83. The fourth-order valence-corrected chi connectivity index (χ4v) is 1.98. The van der Waals surface area contributed by atoms with Crippen LogP contribution in [0, 0.1) is 5.53 Å². The molecule has 0 spiro atoms. The van der Waals surface area contributed by atoms with Crippen LogP contribution in [0.1, 0.15) is 0 Å². The largest absolute Gasteiger partial charge is 0.248 e. The van der Waals surface area contributed by atoms with Crippen molar-refractivity contribution in [3.05, 3.63) is 48.5 Å². The molecule has 0 unspecified atom stereocenters. The molecule has 0 aliphatic rings. The molecule has 0 aliphatic heterocycles. The van der Waals surface area contributed by atoms with E-state index in [9.17, 15) is 0 Å². The number of nitrogens with zero attached hydrogens (tertiary/aromatic N) is 3. The number of pyridine rings is 1. The van der Waals surface area contributed by atoms with Crippen LogP contribution in [0.25, 0.3) is 21.8 Å². The molecule has 0 saturated heterocycles. The standard InChI is InChI=1S/C13H9N4/c14-17-16-13-9-5-1-3-7-11(9)15-12-8-4-2-6-10(12)13/h1-8,14H/q+1. The third kappa shape index (κ3) is 1.48. The second-order valence-electron chi connectivity index (χ2n) is 3.69. The second-order valence-corrected chi connectivity index (χ2v) is 3.69. The van der Waals surface area contributed by atoms with E-state index in [0.29, 0.717) is 5.69 Å². The molecule has 17 heavy (non-hydrogen) atoms. The molecule has 0 amide bonds. The summed E-state index contributed by atoms with van der Waals surface area (Å²) >= 11 is 0. The predicted octanol–water partition coefficient (Wildman–Crippen LogP) is 3.57. The first-order valence-corrected chi connectivity index (χ1v) is 5.25. The molecule has 0 aliphatic carbocycles. The summed E-state index contributed by atoms with van der Waals surface area (Å²) in [5, 5.41) is 5.75. The SMILES string of the molecule is N=[N+]=Nc1c2ccccc2nc2ccccc12. The first-order chi connectivity index (χ1) is 8.40. The maximum absolute atomic E-state index is 6.93. The highest BCUT2D eigenvalue weighted by molar-refractivity contribution is 6.05. The Morgan fingerprint density at radius 1 is 0.882 bits per heavy atom. The molecule has 2 aromatic carbocycles. The molecule has 1 N–H and O–H groups in total. The predicted molar refractivity (Wildman–Crippen MR) is 66.2 cm³/mol. The quantitative estimate of drug-likeness (QED) is 0.381. The van der Waals surface area contributed by atoms with E-state index in [0.717, 1.165) is 21.8 Å². The van der Waals surface area contributed by atoms with Crippen molar-refractivity contribution in [1.29, 1.82) is 5.53 Å². The smallest absolute Gasteiger partial charge is 0.220 e. The highest BCUT2D eigenvalue weighted by Crippen LogP contribution is 2.32. The van der Waals surface area contributed by atoms with Gasteiger partial charge in [0.05, 0.1) is 11.0 Å². The molecular formula is C13H9N4+. The molecule has 0 radical (unpaired) electrons. The van der Waals surface area contributed by atoms with Gasteiger partial charge in [0.25, 0.3) is 0 Å². The Labute approximate surface area is 97.1 Å². The molecule has 3 rings (SSSR count). The van der Waals surface area contributed by atoms with E-state index in [1.165, 1.54) is 0 Å². The van der Waals surface area contributed by atoms with Crippen molar-refractivity contribution in [2.24, 2.45) is 5.11 Å².